The highest BCUT2D eigenvalue weighted by Gasteiger charge is 2.17. The van der Waals surface area contributed by atoms with Crippen molar-refractivity contribution in [2.45, 2.75) is 20.1 Å². The number of pyridine rings is 1. The first-order valence-corrected chi connectivity index (χ1v) is 7.78. The number of fused-ring (bicyclic) bond motifs is 3. The van der Waals surface area contributed by atoms with Crippen molar-refractivity contribution >= 4 is 33.7 Å². The van der Waals surface area contributed by atoms with Gasteiger partial charge in [-0.15, -0.1) is 0 Å². The van der Waals surface area contributed by atoms with Gasteiger partial charge in [0.2, 0.25) is 0 Å². The molecule has 0 radical (unpaired) electrons. The first kappa shape index (κ1) is 16.0. The Morgan fingerprint density at radius 2 is 2.04 bits per heavy atom. The zero-order chi connectivity index (χ0) is 17.1. The number of ether oxygens (including phenoxy) is 1. The topological polar surface area (TPSA) is 130 Å². The average molecular weight is 327 g/mol. The van der Waals surface area contributed by atoms with Gasteiger partial charge in [-0.3, -0.25) is 4.99 Å². The summed E-state index contributed by atoms with van der Waals surface area (Å²) in [4.78, 5) is 13.1. The zero-order valence-corrected chi connectivity index (χ0v) is 13.6. The molecule has 126 valence electrons. The van der Waals surface area contributed by atoms with Crippen molar-refractivity contribution in [3.8, 4) is 0 Å². The van der Waals surface area contributed by atoms with Crippen LogP contribution in [0.5, 0.6) is 0 Å². The number of benzene rings is 1. The molecule has 0 saturated carbocycles. The van der Waals surface area contributed by atoms with Crippen LogP contribution in [-0.2, 0) is 17.9 Å². The van der Waals surface area contributed by atoms with Crippen LogP contribution < -0.4 is 17.2 Å². The molecule has 24 heavy (non-hydrogen) atoms. The summed E-state index contributed by atoms with van der Waals surface area (Å²) in [5.41, 5.74) is 19.4. The van der Waals surface area contributed by atoms with E-state index < -0.39 is 0 Å². The summed E-state index contributed by atoms with van der Waals surface area (Å²) in [5.74, 6) is 1.25. The molecule has 0 aliphatic carbocycles. The maximum Gasteiger partial charge on any atom is 0.185 e. The number of anilines is 1. The standard InChI is InChI=1S/C16H21N7O/c1-2-24-9-12-22-13-14(23(12)8-7-20-16(18)19)10-5-3-4-6-11(10)21-15(13)17/h3-6H,2,7-9H2,1H3,(H2,17,21)(H4,18,19,20). The van der Waals surface area contributed by atoms with E-state index in [-0.39, 0.29) is 5.96 Å². The lowest BCUT2D eigenvalue weighted by atomic mass is 10.2. The van der Waals surface area contributed by atoms with Gasteiger partial charge < -0.3 is 26.5 Å². The predicted octanol–water partition coefficient (Wildman–Crippen LogP) is 0.977. The Balaban J connectivity index is 2.20. The second kappa shape index (κ2) is 6.71. The van der Waals surface area contributed by atoms with E-state index in [2.05, 4.69) is 19.5 Å². The highest BCUT2D eigenvalue weighted by molar-refractivity contribution is 6.06. The molecule has 3 aromatic rings. The number of aromatic nitrogens is 3. The van der Waals surface area contributed by atoms with Gasteiger partial charge in [0.1, 0.15) is 17.9 Å². The minimum Gasteiger partial charge on any atom is -0.382 e. The molecular formula is C16H21N7O. The van der Waals surface area contributed by atoms with Gasteiger partial charge in [-0.2, -0.15) is 0 Å². The summed E-state index contributed by atoms with van der Waals surface area (Å²) in [6.07, 6.45) is 0. The van der Waals surface area contributed by atoms with Crippen LogP contribution in [0.1, 0.15) is 12.7 Å². The summed E-state index contributed by atoms with van der Waals surface area (Å²) < 4.78 is 7.59. The molecule has 8 nitrogen and oxygen atoms in total. The Labute approximate surface area is 139 Å². The fourth-order valence-electron chi connectivity index (χ4n) is 2.73. The fraction of sp³-hybridized carbons (Fsp3) is 0.312. The lowest BCUT2D eigenvalue weighted by molar-refractivity contribution is 0.126. The molecule has 0 unspecified atom stereocenters. The van der Waals surface area contributed by atoms with Gasteiger partial charge in [0.15, 0.2) is 11.8 Å². The van der Waals surface area contributed by atoms with Crippen LogP contribution in [0.25, 0.3) is 21.9 Å². The third kappa shape index (κ3) is 2.95. The highest BCUT2D eigenvalue weighted by Crippen LogP contribution is 2.28. The number of nitrogens with zero attached hydrogens (tertiary/aromatic N) is 4. The monoisotopic (exact) mass is 327 g/mol. The highest BCUT2D eigenvalue weighted by atomic mass is 16.5. The number of aliphatic imine (C=N–C) groups is 1. The lowest BCUT2D eigenvalue weighted by Gasteiger charge is -2.09. The fourth-order valence-corrected chi connectivity index (χ4v) is 2.73. The van der Waals surface area contributed by atoms with Crippen molar-refractivity contribution in [2.75, 3.05) is 18.9 Å². The number of rotatable bonds is 6. The molecule has 0 bridgehead atoms. The van der Waals surface area contributed by atoms with E-state index >= 15 is 0 Å². The van der Waals surface area contributed by atoms with E-state index in [1.54, 1.807) is 0 Å². The Bertz CT molecular complexity index is 896. The van der Waals surface area contributed by atoms with Gasteiger partial charge in [0.05, 0.1) is 17.6 Å². The molecule has 0 amide bonds. The second-order valence-corrected chi connectivity index (χ2v) is 5.33. The molecule has 8 heteroatoms. The SMILES string of the molecule is CCOCc1nc2c(N)nc3ccccc3c2n1CCN=C(N)N. The Hall–Kier alpha value is -2.87. The van der Waals surface area contributed by atoms with Crippen LogP contribution in [0.4, 0.5) is 5.82 Å². The Morgan fingerprint density at radius 1 is 1.25 bits per heavy atom. The molecule has 2 aromatic heterocycles. The van der Waals surface area contributed by atoms with E-state index in [1.165, 1.54) is 0 Å². The van der Waals surface area contributed by atoms with E-state index in [0.717, 1.165) is 22.2 Å². The minimum atomic E-state index is 0.0665. The number of imidazole rings is 1. The van der Waals surface area contributed by atoms with Crippen LogP contribution in [0.15, 0.2) is 29.3 Å². The molecular weight excluding hydrogens is 306 g/mol. The van der Waals surface area contributed by atoms with Crippen molar-refractivity contribution in [3.63, 3.8) is 0 Å². The first-order valence-electron chi connectivity index (χ1n) is 7.78. The van der Waals surface area contributed by atoms with Gasteiger partial charge in [0, 0.05) is 18.5 Å². The van der Waals surface area contributed by atoms with E-state index in [0.29, 0.717) is 37.6 Å². The molecule has 0 fully saturated rings. The third-order valence-electron chi connectivity index (χ3n) is 3.74. The van der Waals surface area contributed by atoms with Crippen molar-refractivity contribution in [1.82, 2.24) is 14.5 Å². The summed E-state index contributed by atoms with van der Waals surface area (Å²) in [7, 11) is 0. The number of hydrogen-bond acceptors (Lipinski definition) is 5. The second-order valence-electron chi connectivity index (χ2n) is 5.33. The maximum absolute atomic E-state index is 6.11. The van der Waals surface area contributed by atoms with Gasteiger partial charge in [-0.1, -0.05) is 18.2 Å². The summed E-state index contributed by atoms with van der Waals surface area (Å²) in [6.45, 7) is 3.96. The molecule has 0 spiro atoms. The maximum atomic E-state index is 6.11. The normalized spacial score (nSPS) is 11.2. The van der Waals surface area contributed by atoms with Gasteiger partial charge >= 0.3 is 0 Å². The molecule has 0 aliphatic rings. The predicted molar refractivity (Wildman–Crippen MR) is 95.5 cm³/mol. The molecule has 0 saturated heterocycles. The van der Waals surface area contributed by atoms with E-state index in [9.17, 15) is 0 Å². The van der Waals surface area contributed by atoms with Gasteiger partial charge in [0.25, 0.3) is 0 Å². The van der Waals surface area contributed by atoms with Crippen LogP contribution >= 0.6 is 0 Å². The van der Waals surface area contributed by atoms with Crippen LogP contribution in [-0.4, -0.2) is 33.6 Å². The number of nitrogen functional groups attached to an aromatic ring is 1. The number of hydrogen-bond donors (Lipinski definition) is 3. The molecule has 3 rings (SSSR count). The average Bonchev–Trinajstić information content (AvgIpc) is 2.92. The largest absolute Gasteiger partial charge is 0.382 e. The molecule has 0 atom stereocenters. The Kier molecular flexibility index (Phi) is 4.48. The minimum absolute atomic E-state index is 0.0665. The van der Waals surface area contributed by atoms with Gasteiger partial charge in [-0.05, 0) is 13.0 Å². The van der Waals surface area contributed by atoms with Gasteiger partial charge in [-0.25, -0.2) is 9.97 Å². The molecule has 2 heterocycles. The zero-order valence-electron chi connectivity index (χ0n) is 13.6. The van der Waals surface area contributed by atoms with Crippen LogP contribution in [0.3, 0.4) is 0 Å². The number of nitrogens with two attached hydrogens (primary N) is 3. The van der Waals surface area contributed by atoms with Crippen molar-refractivity contribution in [2.24, 2.45) is 16.5 Å². The number of guanidine groups is 1. The molecule has 6 N–H and O–H groups in total. The first-order chi connectivity index (χ1) is 11.6. The summed E-state index contributed by atoms with van der Waals surface area (Å²) in [5, 5.41) is 0.988. The van der Waals surface area contributed by atoms with Crippen LogP contribution in [0.2, 0.25) is 0 Å². The lowest BCUT2D eigenvalue weighted by Crippen LogP contribution is -2.23. The number of para-hydroxylation sites is 1. The molecule has 0 aliphatic heterocycles. The van der Waals surface area contributed by atoms with Crippen molar-refractivity contribution in [3.05, 3.63) is 30.1 Å². The summed E-state index contributed by atoms with van der Waals surface area (Å²) in [6, 6.07) is 7.84. The molecule has 1 aromatic carbocycles. The summed E-state index contributed by atoms with van der Waals surface area (Å²) >= 11 is 0. The van der Waals surface area contributed by atoms with Crippen molar-refractivity contribution < 1.29 is 4.74 Å². The van der Waals surface area contributed by atoms with E-state index in [1.807, 2.05) is 31.2 Å². The Morgan fingerprint density at radius 3 is 2.79 bits per heavy atom. The quantitative estimate of drug-likeness (QED) is 0.457. The van der Waals surface area contributed by atoms with E-state index in [4.69, 9.17) is 21.9 Å². The smallest absolute Gasteiger partial charge is 0.185 e. The van der Waals surface area contributed by atoms with Crippen molar-refractivity contribution in [1.29, 1.82) is 0 Å². The third-order valence-corrected chi connectivity index (χ3v) is 3.74. The van der Waals surface area contributed by atoms with Crippen LogP contribution in [0, 0.1) is 0 Å².